The average molecular weight is 483 g/mol. The van der Waals surface area contributed by atoms with E-state index < -0.39 is 18.7 Å². The fraction of sp³-hybridized carbons (Fsp3) is 0.500. The first-order chi connectivity index (χ1) is 16.2. The van der Waals surface area contributed by atoms with Gasteiger partial charge in [0.2, 0.25) is 11.8 Å². The largest absolute Gasteiger partial charge is 0.476 e. The van der Waals surface area contributed by atoms with Crippen molar-refractivity contribution in [2.24, 2.45) is 0 Å². The van der Waals surface area contributed by atoms with Crippen LogP contribution in [0.15, 0.2) is 30.5 Å². The maximum absolute atomic E-state index is 13.0. The highest BCUT2D eigenvalue weighted by Crippen LogP contribution is 2.24. The molecule has 186 valence electrons. The van der Waals surface area contributed by atoms with Gasteiger partial charge in [-0.2, -0.15) is 18.2 Å². The SMILES string of the molecule is CNc1cc(C(C)NC(=O)c2ccc(OCC(F)(F)F)nc2OCCN2CCOCC2)ccn1. The predicted molar refractivity (Wildman–Crippen MR) is 118 cm³/mol. The third-order valence-electron chi connectivity index (χ3n) is 5.10. The van der Waals surface area contributed by atoms with Gasteiger partial charge >= 0.3 is 6.18 Å². The molecule has 1 aliphatic rings. The number of ether oxygens (including phenoxy) is 3. The highest BCUT2D eigenvalue weighted by atomic mass is 19.4. The molecule has 2 aromatic rings. The molecular formula is C22H28F3N5O4. The lowest BCUT2D eigenvalue weighted by atomic mass is 10.1. The van der Waals surface area contributed by atoms with E-state index in [2.05, 4.69) is 25.5 Å². The Kier molecular flexibility index (Phi) is 8.88. The lowest BCUT2D eigenvalue weighted by molar-refractivity contribution is -0.154. The summed E-state index contributed by atoms with van der Waals surface area (Å²) in [6.45, 7) is 3.80. The molecule has 0 spiro atoms. The van der Waals surface area contributed by atoms with Crippen LogP contribution in [0.1, 0.15) is 28.9 Å². The minimum atomic E-state index is -4.51. The first-order valence-corrected chi connectivity index (χ1v) is 10.8. The maximum atomic E-state index is 13.0. The van der Waals surface area contributed by atoms with Crippen molar-refractivity contribution in [1.29, 1.82) is 0 Å². The molecule has 2 aromatic heterocycles. The Labute approximate surface area is 195 Å². The number of nitrogens with one attached hydrogen (secondary N) is 2. The highest BCUT2D eigenvalue weighted by Gasteiger charge is 2.29. The summed E-state index contributed by atoms with van der Waals surface area (Å²) < 4.78 is 53.4. The van der Waals surface area contributed by atoms with E-state index in [1.807, 2.05) is 0 Å². The lowest BCUT2D eigenvalue weighted by Crippen LogP contribution is -2.38. The summed E-state index contributed by atoms with van der Waals surface area (Å²) in [5.41, 5.74) is 0.914. The van der Waals surface area contributed by atoms with Gasteiger partial charge in [0.05, 0.1) is 19.3 Å². The number of alkyl halides is 3. The molecule has 0 aliphatic carbocycles. The number of aromatic nitrogens is 2. The van der Waals surface area contributed by atoms with Crippen molar-refractivity contribution in [1.82, 2.24) is 20.2 Å². The zero-order chi connectivity index (χ0) is 24.6. The second kappa shape index (κ2) is 11.8. The standard InChI is InChI=1S/C22H28F3N5O4/c1-15(16-5-6-27-18(13-16)26-2)28-20(31)17-3-4-19(34-14-22(23,24)25)29-21(17)33-12-9-30-7-10-32-11-8-30/h3-6,13,15H,7-12,14H2,1-2H3,(H,26,27)(H,28,31). The van der Waals surface area contributed by atoms with Crippen LogP contribution in [0, 0.1) is 0 Å². The van der Waals surface area contributed by atoms with E-state index in [-0.39, 0.29) is 30.0 Å². The number of hydrogen-bond acceptors (Lipinski definition) is 8. The van der Waals surface area contributed by atoms with E-state index in [1.54, 1.807) is 32.3 Å². The highest BCUT2D eigenvalue weighted by molar-refractivity contribution is 5.96. The third kappa shape index (κ3) is 7.73. The van der Waals surface area contributed by atoms with Gasteiger partial charge in [-0.1, -0.05) is 0 Å². The molecule has 1 aliphatic heterocycles. The van der Waals surface area contributed by atoms with Crippen LogP contribution in [-0.2, 0) is 4.74 Å². The molecule has 0 bridgehead atoms. The summed E-state index contributed by atoms with van der Waals surface area (Å²) in [5.74, 6) is -0.204. The summed E-state index contributed by atoms with van der Waals surface area (Å²) in [6.07, 6.45) is -2.89. The van der Waals surface area contributed by atoms with Crippen LogP contribution in [0.3, 0.4) is 0 Å². The fourth-order valence-electron chi connectivity index (χ4n) is 3.25. The quantitative estimate of drug-likeness (QED) is 0.533. The molecule has 1 fully saturated rings. The number of rotatable bonds is 10. The molecule has 9 nitrogen and oxygen atoms in total. The number of carbonyl (C=O) groups excluding carboxylic acids is 1. The van der Waals surface area contributed by atoms with Gasteiger partial charge in [-0.05, 0) is 30.7 Å². The Hall–Kier alpha value is -3.12. The van der Waals surface area contributed by atoms with Gasteiger partial charge in [0, 0.05) is 38.9 Å². The molecule has 12 heteroatoms. The average Bonchev–Trinajstić information content (AvgIpc) is 2.83. The Bertz CT molecular complexity index is 954. The van der Waals surface area contributed by atoms with E-state index in [1.165, 1.54) is 12.1 Å². The number of morpholine rings is 1. The van der Waals surface area contributed by atoms with Crippen LogP contribution in [-0.4, -0.2) is 80.1 Å². The normalized spacial score (nSPS) is 15.4. The molecule has 0 aromatic carbocycles. The first-order valence-electron chi connectivity index (χ1n) is 10.8. The van der Waals surface area contributed by atoms with Crippen LogP contribution in [0.5, 0.6) is 11.8 Å². The lowest BCUT2D eigenvalue weighted by Gasteiger charge is -2.26. The molecule has 1 saturated heterocycles. The number of carbonyl (C=O) groups is 1. The number of nitrogens with zero attached hydrogens (tertiary/aromatic N) is 3. The molecule has 1 unspecified atom stereocenters. The van der Waals surface area contributed by atoms with Gasteiger partial charge < -0.3 is 24.8 Å². The summed E-state index contributed by atoms with van der Waals surface area (Å²) in [4.78, 5) is 23.3. The van der Waals surface area contributed by atoms with Crippen LogP contribution in [0.2, 0.25) is 0 Å². The minimum Gasteiger partial charge on any atom is -0.476 e. The van der Waals surface area contributed by atoms with Crippen molar-refractivity contribution in [2.45, 2.75) is 19.1 Å². The van der Waals surface area contributed by atoms with Crippen molar-refractivity contribution in [3.05, 3.63) is 41.6 Å². The van der Waals surface area contributed by atoms with E-state index in [0.717, 1.165) is 18.7 Å². The predicted octanol–water partition coefficient (Wildman–Crippen LogP) is 2.66. The Morgan fingerprint density at radius 2 is 2.00 bits per heavy atom. The molecular weight excluding hydrogens is 455 g/mol. The van der Waals surface area contributed by atoms with E-state index in [4.69, 9.17) is 14.2 Å². The van der Waals surface area contributed by atoms with E-state index in [9.17, 15) is 18.0 Å². The molecule has 3 heterocycles. The molecule has 3 rings (SSSR count). The van der Waals surface area contributed by atoms with Crippen LogP contribution in [0.25, 0.3) is 0 Å². The van der Waals surface area contributed by atoms with Gasteiger partial charge in [-0.15, -0.1) is 0 Å². The summed E-state index contributed by atoms with van der Waals surface area (Å²) in [7, 11) is 1.74. The monoisotopic (exact) mass is 483 g/mol. The fourth-order valence-corrected chi connectivity index (χ4v) is 3.25. The zero-order valence-electron chi connectivity index (χ0n) is 19.0. The first kappa shape index (κ1) is 25.5. The molecule has 2 N–H and O–H groups in total. The van der Waals surface area contributed by atoms with Crippen molar-refractivity contribution in [3.8, 4) is 11.8 Å². The van der Waals surface area contributed by atoms with Crippen molar-refractivity contribution >= 4 is 11.7 Å². The van der Waals surface area contributed by atoms with Gasteiger partial charge in [0.15, 0.2) is 6.61 Å². The summed E-state index contributed by atoms with van der Waals surface area (Å²) >= 11 is 0. The number of anilines is 1. The van der Waals surface area contributed by atoms with Crippen molar-refractivity contribution in [3.63, 3.8) is 0 Å². The van der Waals surface area contributed by atoms with E-state index in [0.29, 0.717) is 25.6 Å². The van der Waals surface area contributed by atoms with Crippen LogP contribution >= 0.6 is 0 Å². The zero-order valence-corrected chi connectivity index (χ0v) is 19.0. The molecule has 0 saturated carbocycles. The Morgan fingerprint density at radius 3 is 2.71 bits per heavy atom. The van der Waals surface area contributed by atoms with Gasteiger partial charge in [0.1, 0.15) is 18.0 Å². The Morgan fingerprint density at radius 1 is 1.24 bits per heavy atom. The summed E-state index contributed by atoms with van der Waals surface area (Å²) in [6, 6.07) is 5.77. The van der Waals surface area contributed by atoms with Gasteiger partial charge in [-0.3, -0.25) is 9.69 Å². The minimum absolute atomic E-state index is 0.0936. The molecule has 0 radical (unpaired) electrons. The van der Waals surface area contributed by atoms with Crippen molar-refractivity contribution in [2.75, 3.05) is 58.4 Å². The summed E-state index contributed by atoms with van der Waals surface area (Å²) in [5, 5.41) is 5.79. The molecule has 1 amide bonds. The van der Waals surface area contributed by atoms with Gasteiger partial charge in [0.25, 0.3) is 5.91 Å². The maximum Gasteiger partial charge on any atom is 0.422 e. The third-order valence-corrected chi connectivity index (χ3v) is 5.10. The molecule has 1 atom stereocenters. The van der Waals surface area contributed by atoms with Gasteiger partial charge in [-0.25, -0.2) is 4.98 Å². The number of halogens is 3. The van der Waals surface area contributed by atoms with Crippen LogP contribution in [0.4, 0.5) is 19.0 Å². The van der Waals surface area contributed by atoms with E-state index >= 15 is 0 Å². The smallest absolute Gasteiger partial charge is 0.422 e. The number of pyridine rings is 2. The number of amides is 1. The van der Waals surface area contributed by atoms with Crippen LogP contribution < -0.4 is 20.1 Å². The Balaban J connectivity index is 1.72. The van der Waals surface area contributed by atoms with Crippen molar-refractivity contribution < 1.29 is 32.2 Å². The topological polar surface area (TPSA) is 97.8 Å². The second-order valence-corrected chi connectivity index (χ2v) is 7.63. The molecule has 34 heavy (non-hydrogen) atoms. The second-order valence-electron chi connectivity index (χ2n) is 7.63. The number of hydrogen-bond donors (Lipinski definition) is 2.